The minimum atomic E-state index is -0.274. The minimum Gasteiger partial charge on any atom is -0.299 e. The molecule has 1 spiro atoms. The summed E-state index contributed by atoms with van der Waals surface area (Å²) in [6.45, 7) is 1.91. The Labute approximate surface area is 114 Å². The summed E-state index contributed by atoms with van der Waals surface area (Å²) in [7, 11) is 0. The molecule has 1 saturated carbocycles. The van der Waals surface area contributed by atoms with Crippen LogP contribution in [0.25, 0.3) is 0 Å². The summed E-state index contributed by atoms with van der Waals surface area (Å²) in [5, 5.41) is 2.59. The van der Waals surface area contributed by atoms with Crippen LogP contribution in [0.4, 0.5) is 0 Å². The van der Waals surface area contributed by atoms with Crippen LogP contribution in [-0.4, -0.2) is 35.8 Å². The van der Waals surface area contributed by atoms with Crippen LogP contribution in [0.15, 0.2) is 0 Å². The van der Waals surface area contributed by atoms with Gasteiger partial charge in [0.25, 0.3) is 0 Å². The van der Waals surface area contributed by atoms with Crippen LogP contribution in [0.3, 0.4) is 0 Å². The highest BCUT2D eigenvalue weighted by molar-refractivity contribution is 5.99. The molecule has 2 aliphatic heterocycles. The third kappa shape index (κ3) is 2.55. The number of likely N-dealkylation sites (tertiary alicyclic amines) is 1. The standard InChI is InChI=1S/C15H24N2O2/c18-13-7-4-8-15(14(19)16-13)9-10-17(11-15)12-5-2-1-3-6-12/h12H,1-11H2,(H,16,18,19). The van der Waals surface area contributed by atoms with E-state index in [9.17, 15) is 9.59 Å². The SMILES string of the molecule is O=C1CCCC2(CCN(C3CCCCC3)C2)C(=O)N1. The first-order chi connectivity index (χ1) is 9.20. The van der Waals surface area contributed by atoms with Gasteiger partial charge in [-0.05, 0) is 38.6 Å². The molecule has 19 heavy (non-hydrogen) atoms. The number of rotatable bonds is 1. The summed E-state index contributed by atoms with van der Waals surface area (Å²) in [5.41, 5.74) is -0.274. The maximum Gasteiger partial charge on any atom is 0.234 e. The second kappa shape index (κ2) is 5.23. The van der Waals surface area contributed by atoms with Crippen molar-refractivity contribution in [3.63, 3.8) is 0 Å². The highest BCUT2D eigenvalue weighted by Crippen LogP contribution is 2.39. The lowest BCUT2D eigenvalue weighted by atomic mass is 9.81. The zero-order valence-electron chi connectivity index (χ0n) is 11.6. The summed E-state index contributed by atoms with van der Waals surface area (Å²) >= 11 is 0. The van der Waals surface area contributed by atoms with Crippen molar-refractivity contribution in [2.45, 2.75) is 63.8 Å². The molecule has 0 bridgehead atoms. The van der Waals surface area contributed by atoms with Crippen LogP contribution in [0.5, 0.6) is 0 Å². The summed E-state index contributed by atoms with van der Waals surface area (Å²) in [6.07, 6.45) is 9.79. The van der Waals surface area contributed by atoms with E-state index in [0.29, 0.717) is 12.5 Å². The molecule has 2 saturated heterocycles. The zero-order valence-corrected chi connectivity index (χ0v) is 11.6. The predicted molar refractivity (Wildman–Crippen MR) is 72.5 cm³/mol. The van der Waals surface area contributed by atoms with Gasteiger partial charge in [0.1, 0.15) is 0 Å². The van der Waals surface area contributed by atoms with Gasteiger partial charge in [-0.2, -0.15) is 0 Å². The van der Waals surface area contributed by atoms with E-state index in [1.165, 1.54) is 32.1 Å². The smallest absolute Gasteiger partial charge is 0.234 e. The molecule has 3 fully saturated rings. The zero-order chi connectivity index (χ0) is 13.3. The van der Waals surface area contributed by atoms with Gasteiger partial charge < -0.3 is 0 Å². The highest BCUT2D eigenvalue weighted by Gasteiger charge is 2.47. The summed E-state index contributed by atoms with van der Waals surface area (Å²) in [4.78, 5) is 26.3. The Balaban J connectivity index is 1.68. The Hall–Kier alpha value is -0.900. The number of imide groups is 1. The van der Waals surface area contributed by atoms with Crippen molar-refractivity contribution in [3.8, 4) is 0 Å². The molecule has 2 amide bonds. The first kappa shape index (κ1) is 13.1. The normalized spacial score (nSPS) is 34.5. The van der Waals surface area contributed by atoms with Gasteiger partial charge in [0.2, 0.25) is 11.8 Å². The quantitative estimate of drug-likeness (QED) is 0.735. The number of nitrogens with one attached hydrogen (secondary N) is 1. The van der Waals surface area contributed by atoms with E-state index in [0.717, 1.165) is 32.4 Å². The van der Waals surface area contributed by atoms with Crippen molar-refractivity contribution in [1.82, 2.24) is 10.2 Å². The molecule has 1 atom stereocenters. The number of amides is 2. The van der Waals surface area contributed by atoms with E-state index in [4.69, 9.17) is 0 Å². The third-order valence-corrected chi connectivity index (χ3v) is 5.27. The molecule has 3 rings (SSSR count). The van der Waals surface area contributed by atoms with Crippen molar-refractivity contribution in [2.75, 3.05) is 13.1 Å². The summed E-state index contributed by atoms with van der Waals surface area (Å²) in [5.74, 6) is -0.0914. The lowest BCUT2D eigenvalue weighted by Gasteiger charge is -2.33. The van der Waals surface area contributed by atoms with Crippen LogP contribution in [0, 0.1) is 5.41 Å². The topological polar surface area (TPSA) is 49.4 Å². The molecule has 4 nitrogen and oxygen atoms in total. The van der Waals surface area contributed by atoms with Crippen LogP contribution >= 0.6 is 0 Å². The number of hydrogen-bond donors (Lipinski definition) is 1. The average Bonchev–Trinajstić information content (AvgIpc) is 2.79. The van der Waals surface area contributed by atoms with Crippen molar-refractivity contribution in [3.05, 3.63) is 0 Å². The molecule has 1 aliphatic carbocycles. The van der Waals surface area contributed by atoms with Gasteiger partial charge in [0.05, 0.1) is 5.41 Å². The second-order valence-corrected chi connectivity index (χ2v) is 6.52. The molecule has 1 N–H and O–H groups in total. The van der Waals surface area contributed by atoms with Gasteiger partial charge in [-0.1, -0.05) is 19.3 Å². The fraction of sp³-hybridized carbons (Fsp3) is 0.867. The first-order valence-electron chi connectivity index (χ1n) is 7.78. The fourth-order valence-electron chi connectivity index (χ4n) is 4.07. The number of carbonyl (C=O) groups is 2. The number of nitrogens with zero attached hydrogens (tertiary/aromatic N) is 1. The second-order valence-electron chi connectivity index (χ2n) is 6.52. The molecule has 106 valence electrons. The molecule has 0 aromatic rings. The van der Waals surface area contributed by atoms with Gasteiger partial charge >= 0.3 is 0 Å². The molecular weight excluding hydrogens is 240 g/mol. The monoisotopic (exact) mass is 264 g/mol. The lowest BCUT2D eigenvalue weighted by molar-refractivity contribution is -0.135. The Bertz CT molecular complexity index is 376. The fourth-order valence-corrected chi connectivity index (χ4v) is 4.07. The average molecular weight is 264 g/mol. The van der Waals surface area contributed by atoms with Crippen LogP contribution in [0.1, 0.15) is 57.8 Å². The predicted octanol–water partition coefficient (Wildman–Crippen LogP) is 1.84. The highest BCUT2D eigenvalue weighted by atomic mass is 16.2. The Morgan fingerprint density at radius 2 is 1.84 bits per heavy atom. The Kier molecular flexibility index (Phi) is 3.61. The molecule has 0 aromatic carbocycles. The first-order valence-corrected chi connectivity index (χ1v) is 7.78. The maximum absolute atomic E-state index is 12.3. The van der Waals surface area contributed by atoms with E-state index in [1.54, 1.807) is 0 Å². The van der Waals surface area contributed by atoms with E-state index >= 15 is 0 Å². The molecule has 0 aromatic heterocycles. The van der Waals surface area contributed by atoms with E-state index < -0.39 is 0 Å². The third-order valence-electron chi connectivity index (χ3n) is 5.27. The number of hydrogen-bond acceptors (Lipinski definition) is 3. The molecule has 3 aliphatic rings. The van der Waals surface area contributed by atoms with Gasteiger partial charge in [-0.15, -0.1) is 0 Å². The molecule has 1 unspecified atom stereocenters. The van der Waals surface area contributed by atoms with Crippen molar-refractivity contribution < 1.29 is 9.59 Å². The van der Waals surface area contributed by atoms with Gasteiger partial charge in [-0.3, -0.25) is 19.8 Å². The number of carbonyl (C=O) groups excluding carboxylic acids is 2. The largest absolute Gasteiger partial charge is 0.299 e. The lowest BCUT2D eigenvalue weighted by Crippen LogP contribution is -2.44. The van der Waals surface area contributed by atoms with Crippen LogP contribution in [0.2, 0.25) is 0 Å². The minimum absolute atomic E-state index is 0.00619. The molecule has 4 heteroatoms. The maximum atomic E-state index is 12.3. The van der Waals surface area contributed by atoms with Gasteiger partial charge in [0.15, 0.2) is 0 Å². The molecule has 0 radical (unpaired) electrons. The Morgan fingerprint density at radius 1 is 1.05 bits per heavy atom. The molecular formula is C15H24N2O2. The van der Waals surface area contributed by atoms with Crippen molar-refractivity contribution >= 4 is 11.8 Å². The van der Waals surface area contributed by atoms with E-state index in [2.05, 4.69) is 10.2 Å². The molecule has 2 heterocycles. The van der Waals surface area contributed by atoms with E-state index in [-0.39, 0.29) is 17.2 Å². The van der Waals surface area contributed by atoms with Crippen molar-refractivity contribution in [2.24, 2.45) is 5.41 Å². The summed E-state index contributed by atoms with van der Waals surface area (Å²) < 4.78 is 0. The summed E-state index contributed by atoms with van der Waals surface area (Å²) in [6, 6.07) is 0.680. The van der Waals surface area contributed by atoms with Crippen molar-refractivity contribution in [1.29, 1.82) is 0 Å². The van der Waals surface area contributed by atoms with E-state index in [1.807, 2.05) is 0 Å². The van der Waals surface area contributed by atoms with Crippen LogP contribution in [-0.2, 0) is 9.59 Å². The van der Waals surface area contributed by atoms with Gasteiger partial charge in [0, 0.05) is 19.0 Å². The van der Waals surface area contributed by atoms with Crippen LogP contribution < -0.4 is 5.32 Å². The Morgan fingerprint density at radius 3 is 2.63 bits per heavy atom. The van der Waals surface area contributed by atoms with Gasteiger partial charge in [-0.25, -0.2) is 0 Å².